The van der Waals surface area contributed by atoms with Crippen LogP contribution in [0.25, 0.3) is 11.1 Å². The first-order chi connectivity index (χ1) is 22.2. The van der Waals surface area contributed by atoms with Gasteiger partial charge in [-0.2, -0.15) is 0 Å². The van der Waals surface area contributed by atoms with Gasteiger partial charge in [-0.25, -0.2) is 17.6 Å². The lowest BCUT2D eigenvalue weighted by Gasteiger charge is -2.44. The number of halogens is 4. The average Bonchev–Trinajstić information content (AvgIpc) is 3.01. The fraction of sp³-hybridized carbons (Fsp3) is 0.457. The molecule has 1 aliphatic carbocycles. The third-order valence-electron chi connectivity index (χ3n) is 9.81. The fourth-order valence-corrected chi connectivity index (χ4v) is 6.67. The zero-order chi connectivity index (χ0) is 34.2. The van der Waals surface area contributed by atoms with Crippen LogP contribution in [0.1, 0.15) is 86.1 Å². The minimum atomic E-state index is -3.09. The van der Waals surface area contributed by atoms with E-state index in [0.29, 0.717) is 24.8 Å². The summed E-state index contributed by atoms with van der Waals surface area (Å²) in [5, 5.41) is 5.61. The Balaban J connectivity index is 1.51. The van der Waals surface area contributed by atoms with Crippen LogP contribution in [0.2, 0.25) is 0 Å². The van der Waals surface area contributed by atoms with E-state index in [-0.39, 0.29) is 45.9 Å². The van der Waals surface area contributed by atoms with Gasteiger partial charge in [0.2, 0.25) is 5.56 Å². The number of nitrogens with one attached hydrogen (secondary N) is 3. The number of nitrogens with zero attached hydrogens (tertiary/aromatic N) is 2. The van der Waals surface area contributed by atoms with Gasteiger partial charge in [-0.05, 0) is 69.0 Å². The molecule has 2 amide bonds. The van der Waals surface area contributed by atoms with Gasteiger partial charge in [-0.3, -0.25) is 19.3 Å². The minimum Gasteiger partial charge on any atom is -0.367 e. The number of H-pyrrole nitrogens is 1. The first-order valence-electron chi connectivity index (χ1n) is 15.9. The van der Waals surface area contributed by atoms with E-state index in [1.165, 1.54) is 24.3 Å². The van der Waals surface area contributed by atoms with Crippen molar-refractivity contribution in [3.8, 4) is 11.1 Å². The number of anilines is 2. The normalized spacial score (nSPS) is 21.5. The fourth-order valence-electron chi connectivity index (χ4n) is 6.67. The second-order valence-corrected chi connectivity index (χ2v) is 13.5. The van der Waals surface area contributed by atoms with Gasteiger partial charge >= 0.3 is 0 Å². The van der Waals surface area contributed by atoms with Crippen molar-refractivity contribution in [2.45, 2.75) is 77.9 Å². The number of pyridine rings is 1. The molecule has 1 saturated heterocycles. The van der Waals surface area contributed by atoms with Crippen LogP contribution in [0.15, 0.2) is 47.4 Å². The van der Waals surface area contributed by atoms with Gasteiger partial charge in [0.1, 0.15) is 11.6 Å². The Hall–Kier alpha value is -4.19. The third kappa shape index (κ3) is 7.22. The monoisotopic (exact) mass is 655 g/mol. The maximum Gasteiger partial charge on any atom is 0.264 e. The summed E-state index contributed by atoms with van der Waals surface area (Å²) in [6, 6.07) is 7.08. The molecule has 12 heteroatoms. The Morgan fingerprint density at radius 2 is 1.66 bits per heavy atom. The molecule has 2 aromatic carbocycles. The van der Waals surface area contributed by atoms with E-state index < -0.39 is 46.6 Å². The number of hydrogen-bond acceptors (Lipinski definition) is 5. The first kappa shape index (κ1) is 34.2. The smallest absolute Gasteiger partial charge is 0.264 e. The molecule has 1 saturated carbocycles. The number of carbonyl (C=O) groups excluding carboxylic acids is 2. The highest BCUT2D eigenvalue weighted by Gasteiger charge is 2.34. The van der Waals surface area contributed by atoms with E-state index in [9.17, 15) is 23.2 Å². The van der Waals surface area contributed by atoms with Gasteiger partial charge in [0.25, 0.3) is 18.2 Å². The molecule has 47 heavy (non-hydrogen) atoms. The molecule has 1 unspecified atom stereocenters. The number of piperazine rings is 1. The quantitative estimate of drug-likeness (QED) is 0.245. The maximum atomic E-state index is 15.9. The van der Waals surface area contributed by atoms with Crippen LogP contribution in [-0.4, -0.2) is 60.0 Å². The van der Waals surface area contributed by atoms with E-state index in [1.807, 2.05) is 25.8 Å². The van der Waals surface area contributed by atoms with E-state index in [2.05, 4.69) is 34.4 Å². The Morgan fingerprint density at radius 3 is 2.30 bits per heavy atom. The van der Waals surface area contributed by atoms with E-state index in [1.54, 1.807) is 0 Å². The number of alkyl halides is 2. The van der Waals surface area contributed by atoms with Crippen LogP contribution < -0.4 is 21.1 Å². The number of rotatable bonds is 7. The lowest BCUT2D eigenvalue weighted by molar-refractivity contribution is 0.0849. The molecule has 1 aromatic heterocycles. The molecule has 3 N–H and O–H groups in total. The van der Waals surface area contributed by atoms with Crippen molar-refractivity contribution < 1.29 is 27.2 Å². The molecular formula is C35H41F4N5O3. The summed E-state index contributed by atoms with van der Waals surface area (Å²) in [6.07, 6.45) is 1.61. The van der Waals surface area contributed by atoms with Crippen molar-refractivity contribution in [1.82, 2.24) is 15.2 Å². The van der Waals surface area contributed by atoms with Gasteiger partial charge in [-0.1, -0.05) is 32.8 Å². The predicted molar refractivity (Wildman–Crippen MR) is 174 cm³/mol. The molecule has 8 nitrogen and oxygen atoms in total. The number of aromatic nitrogens is 1. The number of benzene rings is 2. The van der Waals surface area contributed by atoms with Crippen molar-refractivity contribution in [3.63, 3.8) is 0 Å². The van der Waals surface area contributed by atoms with Crippen molar-refractivity contribution >= 4 is 23.2 Å². The minimum absolute atomic E-state index is 0.0610. The van der Waals surface area contributed by atoms with Crippen molar-refractivity contribution in [2.24, 2.45) is 5.41 Å². The lowest BCUT2D eigenvalue weighted by Crippen LogP contribution is -2.55. The van der Waals surface area contributed by atoms with Gasteiger partial charge in [0, 0.05) is 54.6 Å². The second kappa shape index (κ2) is 13.5. The summed E-state index contributed by atoms with van der Waals surface area (Å²) >= 11 is 0. The standard InChI is InChI=1S/C35H41F4N5O3/c1-19-17-44(18-20(2)43(19)5)29-15-27(37)23(13-28(29)41-34(47)25-16-40-31(45)14-24(25)32(38)39)21-9-10-22(26(36)12-21)33(46)42-30-8-6-7-11-35(30,3)4/h9-10,12-16,19-20,30,32H,6-8,11,17-18H2,1-5H3,(H,40,45)(H,41,47)(H,42,46)/t19-,20+,30?. The molecule has 2 fully saturated rings. The number of likely N-dealkylation sites (N-methyl/N-ethyl adjacent to an activating group) is 1. The first-order valence-corrected chi connectivity index (χ1v) is 15.9. The van der Waals surface area contributed by atoms with Gasteiger partial charge in [0.15, 0.2) is 0 Å². The van der Waals surface area contributed by atoms with Gasteiger partial charge in [-0.15, -0.1) is 0 Å². The summed E-state index contributed by atoms with van der Waals surface area (Å²) in [4.78, 5) is 44.5. The number of amides is 2. The summed E-state index contributed by atoms with van der Waals surface area (Å²) in [7, 11) is 1.98. The summed E-state index contributed by atoms with van der Waals surface area (Å²) in [5.41, 5.74) is -1.78. The zero-order valence-corrected chi connectivity index (χ0v) is 27.2. The SMILES string of the molecule is C[C@@H]1CN(c2cc(F)c(-c3ccc(C(=O)NC4CCCCC4(C)C)c(F)c3)cc2NC(=O)c2c[nH]c(=O)cc2C(F)F)C[C@H](C)N1C. The second-order valence-electron chi connectivity index (χ2n) is 13.5. The largest absolute Gasteiger partial charge is 0.367 e. The van der Waals surface area contributed by atoms with Crippen LogP contribution >= 0.6 is 0 Å². The van der Waals surface area contributed by atoms with Crippen LogP contribution in [0, 0.1) is 17.0 Å². The summed E-state index contributed by atoms with van der Waals surface area (Å²) in [5.74, 6) is -3.02. The highest BCUT2D eigenvalue weighted by atomic mass is 19.3. The van der Waals surface area contributed by atoms with Crippen LogP contribution in [-0.2, 0) is 0 Å². The summed E-state index contributed by atoms with van der Waals surface area (Å²) < 4.78 is 58.9. The third-order valence-corrected chi connectivity index (χ3v) is 9.81. The van der Waals surface area contributed by atoms with Gasteiger partial charge in [0.05, 0.1) is 22.5 Å². The topological polar surface area (TPSA) is 97.5 Å². The molecule has 252 valence electrons. The van der Waals surface area contributed by atoms with Crippen LogP contribution in [0.5, 0.6) is 0 Å². The molecule has 3 atom stereocenters. The Labute approximate surface area is 271 Å². The van der Waals surface area contributed by atoms with E-state index in [4.69, 9.17) is 0 Å². The van der Waals surface area contributed by atoms with Crippen LogP contribution in [0.4, 0.5) is 28.9 Å². The number of hydrogen-bond donors (Lipinski definition) is 3. The maximum absolute atomic E-state index is 15.9. The molecule has 0 bridgehead atoms. The molecule has 1 aliphatic heterocycles. The molecule has 0 spiro atoms. The molecule has 3 aromatic rings. The zero-order valence-electron chi connectivity index (χ0n) is 27.2. The Kier molecular flexibility index (Phi) is 9.81. The molecule has 0 radical (unpaired) electrons. The average molecular weight is 656 g/mol. The Morgan fingerprint density at radius 1 is 0.957 bits per heavy atom. The van der Waals surface area contributed by atoms with Gasteiger partial charge < -0.3 is 20.5 Å². The van der Waals surface area contributed by atoms with Crippen molar-refractivity contribution in [3.05, 3.63) is 81.3 Å². The lowest BCUT2D eigenvalue weighted by atomic mass is 9.73. The van der Waals surface area contributed by atoms with E-state index in [0.717, 1.165) is 37.9 Å². The van der Waals surface area contributed by atoms with Crippen LogP contribution in [0.3, 0.4) is 0 Å². The molecule has 5 rings (SSSR count). The molecular weight excluding hydrogens is 614 g/mol. The number of carbonyl (C=O) groups is 2. The summed E-state index contributed by atoms with van der Waals surface area (Å²) in [6.45, 7) is 9.15. The van der Waals surface area contributed by atoms with E-state index >= 15 is 8.78 Å². The number of aromatic amines is 1. The highest BCUT2D eigenvalue weighted by Crippen LogP contribution is 2.38. The Bertz CT molecular complexity index is 1710. The van der Waals surface area contributed by atoms with Crippen molar-refractivity contribution in [1.29, 1.82) is 0 Å². The molecule has 2 aliphatic rings. The highest BCUT2D eigenvalue weighted by molar-refractivity contribution is 6.07. The predicted octanol–water partition coefficient (Wildman–Crippen LogP) is 6.74. The molecule has 2 heterocycles. The van der Waals surface area contributed by atoms with Crippen molar-refractivity contribution in [2.75, 3.05) is 30.4 Å².